The average Bonchev–Trinajstić information content (AvgIpc) is 2.13. The van der Waals surface area contributed by atoms with Crippen molar-refractivity contribution in [3.8, 4) is 0 Å². The summed E-state index contributed by atoms with van der Waals surface area (Å²) < 4.78 is 4.81. The minimum atomic E-state index is 0.163. The molecule has 0 bridgehead atoms. The van der Waals surface area contributed by atoms with E-state index in [4.69, 9.17) is 28.5 Å². The Labute approximate surface area is 82.9 Å². The molecule has 0 aliphatic rings. The minimum Gasteiger partial charge on any atom is -0.383 e. The number of rotatable bonds is 3. The van der Waals surface area contributed by atoms with Gasteiger partial charge in [0.15, 0.2) is 5.11 Å². The highest BCUT2D eigenvalue weighted by atomic mass is 32.1. The van der Waals surface area contributed by atoms with E-state index in [0.717, 1.165) is 0 Å². The Morgan fingerprint density at radius 2 is 2.31 bits per heavy atom. The van der Waals surface area contributed by atoms with E-state index in [2.05, 4.69) is 10.3 Å². The fourth-order valence-corrected chi connectivity index (χ4v) is 0.622. The molecule has 0 fully saturated rings. The second-order valence-electron chi connectivity index (χ2n) is 2.21. The van der Waals surface area contributed by atoms with Crippen molar-refractivity contribution in [2.45, 2.75) is 0 Å². The van der Waals surface area contributed by atoms with E-state index in [0.29, 0.717) is 18.3 Å². The van der Waals surface area contributed by atoms with Crippen LogP contribution in [-0.4, -0.2) is 43.4 Å². The molecule has 0 rings (SSSR count). The number of hydrogen-bond donors (Lipinski definition) is 3. The summed E-state index contributed by atoms with van der Waals surface area (Å²) in [7, 11) is 3.24. The number of thiocarbonyl (C=S) groups is 1. The minimum absolute atomic E-state index is 0.163. The molecule has 0 amide bonds. The van der Waals surface area contributed by atoms with Crippen molar-refractivity contribution in [2.75, 3.05) is 27.3 Å². The van der Waals surface area contributed by atoms with E-state index in [-0.39, 0.29) is 5.96 Å². The van der Waals surface area contributed by atoms with Gasteiger partial charge in [-0.15, -0.1) is 0 Å². The molecule has 0 saturated heterocycles. The van der Waals surface area contributed by atoms with E-state index in [1.165, 1.54) is 5.01 Å². The van der Waals surface area contributed by atoms with Crippen LogP contribution in [0, 0.1) is 0 Å². The maximum absolute atomic E-state index is 5.52. The summed E-state index contributed by atoms with van der Waals surface area (Å²) in [5.74, 6) is 5.68. The highest BCUT2D eigenvalue weighted by Crippen LogP contribution is 1.81. The molecule has 0 aliphatic heterocycles. The Kier molecular flexibility index (Phi) is 6.11. The van der Waals surface area contributed by atoms with Crippen LogP contribution in [0.2, 0.25) is 0 Å². The van der Waals surface area contributed by atoms with Gasteiger partial charge in [-0.25, -0.2) is 5.84 Å². The summed E-state index contributed by atoms with van der Waals surface area (Å²) in [6.45, 7) is 0.956. The summed E-state index contributed by atoms with van der Waals surface area (Å²) >= 11 is 4.77. The zero-order valence-corrected chi connectivity index (χ0v) is 8.60. The monoisotopic (exact) mass is 205 g/mol. The number of methoxy groups -OCH3 is 1. The van der Waals surface area contributed by atoms with Crippen LogP contribution in [0.1, 0.15) is 0 Å². The summed E-state index contributed by atoms with van der Waals surface area (Å²) in [4.78, 5) is 3.81. The molecule has 0 unspecified atom stereocenters. The second kappa shape index (κ2) is 6.58. The molecule has 0 atom stereocenters. The zero-order valence-electron chi connectivity index (χ0n) is 7.78. The third-order valence-corrected chi connectivity index (χ3v) is 1.56. The molecule has 13 heavy (non-hydrogen) atoms. The summed E-state index contributed by atoms with van der Waals surface area (Å²) in [5.41, 5.74) is 5.50. The molecule has 5 N–H and O–H groups in total. The lowest BCUT2D eigenvalue weighted by molar-refractivity contribution is 0.176. The smallest absolute Gasteiger partial charge is 0.213 e. The van der Waals surface area contributed by atoms with Crippen LogP contribution in [0.4, 0.5) is 0 Å². The number of ether oxygens (including phenoxy) is 1. The molecule has 0 aliphatic carbocycles. The van der Waals surface area contributed by atoms with Gasteiger partial charge in [-0.1, -0.05) is 0 Å². The SMILES string of the molecule is CNC(=S)N=C(N)N(N)CCOC. The molecular formula is C6H15N5OS. The van der Waals surface area contributed by atoms with Crippen LogP contribution in [0.25, 0.3) is 0 Å². The van der Waals surface area contributed by atoms with E-state index in [1.54, 1.807) is 14.2 Å². The molecule has 0 spiro atoms. The molecule has 0 aromatic carbocycles. The molecule has 7 heteroatoms. The first-order chi connectivity index (χ1) is 6.11. The van der Waals surface area contributed by atoms with Crippen molar-refractivity contribution in [2.24, 2.45) is 16.6 Å². The highest BCUT2D eigenvalue weighted by Gasteiger charge is 2.01. The van der Waals surface area contributed by atoms with E-state index in [1.807, 2.05) is 0 Å². The number of guanidine groups is 1. The normalized spacial score (nSPS) is 11.2. The van der Waals surface area contributed by atoms with Crippen LogP contribution in [-0.2, 0) is 4.74 Å². The Balaban J connectivity index is 4.00. The van der Waals surface area contributed by atoms with Crippen molar-refractivity contribution in [1.29, 1.82) is 0 Å². The van der Waals surface area contributed by atoms with Crippen molar-refractivity contribution in [1.82, 2.24) is 10.3 Å². The highest BCUT2D eigenvalue weighted by molar-refractivity contribution is 7.80. The Bertz CT molecular complexity index is 195. The van der Waals surface area contributed by atoms with Gasteiger partial charge in [0.05, 0.1) is 13.2 Å². The Hall–Kier alpha value is -0.920. The van der Waals surface area contributed by atoms with Gasteiger partial charge in [0, 0.05) is 14.2 Å². The predicted molar refractivity (Wildman–Crippen MR) is 56.0 cm³/mol. The average molecular weight is 205 g/mol. The van der Waals surface area contributed by atoms with Gasteiger partial charge in [0.1, 0.15) is 0 Å². The molecule has 76 valence electrons. The number of hydrazine groups is 1. The fraction of sp³-hybridized carbons (Fsp3) is 0.667. The van der Waals surface area contributed by atoms with E-state index >= 15 is 0 Å². The molecule has 0 heterocycles. The van der Waals surface area contributed by atoms with Gasteiger partial charge in [0.25, 0.3) is 0 Å². The van der Waals surface area contributed by atoms with Gasteiger partial charge >= 0.3 is 0 Å². The number of nitrogens with two attached hydrogens (primary N) is 2. The predicted octanol–water partition coefficient (Wildman–Crippen LogP) is -1.37. The number of aliphatic imine (C=N–C) groups is 1. The van der Waals surface area contributed by atoms with Crippen LogP contribution in [0.5, 0.6) is 0 Å². The molecular weight excluding hydrogens is 190 g/mol. The van der Waals surface area contributed by atoms with Crippen molar-refractivity contribution >= 4 is 23.3 Å². The first-order valence-electron chi connectivity index (χ1n) is 3.68. The van der Waals surface area contributed by atoms with E-state index < -0.39 is 0 Å². The molecule has 0 aromatic heterocycles. The second-order valence-corrected chi connectivity index (χ2v) is 2.60. The van der Waals surface area contributed by atoms with Crippen molar-refractivity contribution < 1.29 is 4.74 Å². The third-order valence-electron chi connectivity index (χ3n) is 1.26. The first-order valence-corrected chi connectivity index (χ1v) is 4.09. The van der Waals surface area contributed by atoms with Gasteiger partial charge in [-0.2, -0.15) is 4.99 Å². The van der Waals surface area contributed by atoms with E-state index in [9.17, 15) is 0 Å². The lowest BCUT2D eigenvalue weighted by Gasteiger charge is -2.16. The van der Waals surface area contributed by atoms with Crippen LogP contribution < -0.4 is 16.9 Å². The Morgan fingerprint density at radius 1 is 1.69 bits per heavy atom. The maximum atomic E-state index is 5.52. The Morgan fingerprint density at radius 3 is 2.77 bits per heavy atom. The molecule has 0 saturated carbocycles. The topological polar surface area (TPSA) is 88.9 Å². The molecule has 6 nitrogen and oxygen atoms in total. The summed E-state index contributed by atoms with van der Waals surface area (Å²) in [5, 5.41) is 4.22. The molecule has 0 radical (unpaired) electrons. The number of nitrogens with zero attached hydrogens (tertiary/aromatic N) is 2. The number of hydrogen-bond acceptors (Lipinski definition) is 3. The quantitative estimate of drug-likeness (QED) is 0.173. The summed E-state index contributed by atoms with van der Waals surface area (Å²) in [6, 6.07) is 0. The third kappa shape index (κ3) is 5.34. The fourth-order valence-electron chi connectivity index (χ4n) is 0.528. The zero-order chi connectivity index (χ0) is 10.3. The van der Waals surface area contributed by atoms with Crippen LogP contribution >= 0.6 is 12.2 Å². The van der Waals surface area contributed by atoms with Gasteiger partial charge in [0.2, 0.25) is 5.96 Å². The van der Waals surface area contributed by atoms with Gasteiger partial charge in [-0.3, -0.25) is 5.01 Å². The van der Waals surface area contributed by atoms with Crippen molar-refractivity contribution in [3.05, 3.63) is 0 Å². The maximum Gasteiger partial charge on any atom is 0.213 e. The lowest BCUT2D eigenvalue weighted by atomic mass is 10.6. The van der Waals surface area contributed by atoms with Crippen LogP contribution in [0.3, 0.4) is 0 Å². The van der Waals surface area contributed by atoms with Crippen LogP contribution in [0.15, 0.2) is 4.99 Å². The lowest BCUT2D eigenvalue weighted by Crippen LogP contribution is -2.45. The number of nitrogens with one attached hydrogen (secondary N) is 1. The first kappa shape index (κ1) is 12.1. The van der Waals surface area contributed by atoms with Gasteiger partial charge in [-0.05, 0) is 12.2 Å². The largest absolute Gasteiger partial charge is 0.383 e. The van der Waals surface area contributed by atoms with Crippen molar-refractivity contribution in [3.63, 3.8) is 0 Å². The standard InChI is InChI=1S/C6H15N5OS/c1-9-6(13)10-5(7)11(8)3-4-12-2/h3-4,8H2,1-2H3,(H3,7,9,10,13). The van der Waals surface area contributed by atoms with Gasteiger partial charge < -0.3 is 15.8 Å². The summed E-state index contributed by atoms with van der Waals surface area (Å²) in [6.07, 6.45) is 0. The molecule has 0 aromatic rings.